The van der Waals surface area contributed by atoms with E-state index in [1.165, 1.54) is 167 Å². The van der Waals surface area contributed by atoms with Gasteiger partial charge in [0.1, 0.15) is 0 Å². The SMILES string of the molecule is CCCCCCCCC=CCCCCCCCCN=C(N)CCCSCCC(=O)OCCCCCCCCCCCCCCCC. The number of rotatable bonds is 38. The third-order valence-electron chi connectivity index (χ3n) is 8.92. The predicted molar refractivity (Wildman–Crippen MR) is 208 cm³/mol. The Morgan fingerprint density at radius 3 is 1.48 bits per heavy atom. The van der Waals surface area contributed by atoms with Crippen LogP contribution < -0.4 is 5.73 Å². The van der Waals surface area contributed by atoms with Gasteiger partial charge in [0, 0.05) is 18.7 Å². The molecule has 0 aliphatic carbocycles. The van der Waals surface area contributed by atoms with Gasteiger partial charge >= 0.3 is 5.97 Å². The Morgan fingerprint density at radius 1 is 0.543 bits per heavy atom. The van der Waals surface area contributed by atoms with Gasteiger partial charge in [-0.15, -0.1) is 0 Å². The Morgan fingerprint density at radius 2 is 0.978 bits per heavy atom. The Bertz CT molecular complexity index is 667. The molecule has 0 amide bonds. The highest BCUT2D eigenvalue weighted by molar-refractivity contribution is 7.99. The fraction of sp³-hybridized carbons (Fsp3) is 0.902. The van der Waals surface area contributed by atoms with E-state index < -0.39 is 0 Å². The highest BCUT2D eigenvalue weighted by Gasteiger charge is 2.03. The Labute approximate surface area is 292 Å². The van der Waals surface area contributed by atoms with E-state index in [2.05, 4.69) is 31.0 Å². The summed E-state index contributed by atoms with van der Waals surface area (Å²) in [6, 6.07) is 0. The number of nitrogens with two attached hydrogens (primary N) is 1. The first-order valence-corrected chi connectivity index (χ1v) is 21.5. The summed E-state index contributed by atoms with van der Waals surface area (Å²) in [5.41, 5.74) is 6.11. The van der Waals surface area contributed by atoms with Crippen molar-refractivity contribution in [1.82, 2.24) is 0 Å². The van der Waals surface area contributed by atoms with E-state index in [0.717, 1.165) is 49.6 Å². The highest BCUT2D eigenvalue weighted by atomic mass is 32.2. The molecule has 0 radical (unpaired) electrons. The standard InChI is InChI=1S/C41H80N2O2S/c1-3-5-7-9-11-13-15-17-19-20-21-23-25-27-29-31-36-43-40(42)34-33-38-46-39-35-41(44)45-37-32-30-28-26-24-22-18-16-14-12-10-8-6-4-2/h17,19H,3-16,18,20-39H2,1-2H3,(H2,42,43). The van der Waals surface area contributed by atoms with Gasteiger partial charge in [-0.3, -0.25) is 9.79 Å². The van der Waals surface area contributed by atoms with Crippen molar-refractivity contribution in [3.63, 3.8) is 0 Å². The average molecular weight is 665 g/mol. The minimum absolute atomic E-state index is 0.0427. The quantitative estimate of drug-likeness (QED) is 0.0234. The first-order chi connectivity index (χ1) is 22.7. The lowest BCUT2D eigenvalue weighted by Gasteiger charge is -2.06. The molecule has 4 nitrogen and oxygen atoms in total. The summed E-state index contributed by atoms with van der Waals surface area (Å²) in [5.74, 6) is 2.61. The number of allylic oxidation sites excluding steroid dienone is 2. The second kappa shape index (κ2) is 40.2. The summed E-state index contributed by atoms with van der Waals surface area (Å²) < 4.78 is 5.42. The number of nitrogens with zero attached hydrogens (tertiary/aromatic N) is 1. The van der Waals surface area contributed by atoms with Crippen LogP contribution in [-0.2, 0) is 9.53 Å². The van der Waals surface area contributed by atoms with Crippen molar-refractivity contribution in [1.29, 1.82) is 0 Å². The third-order valence-corrected chi connectivity index (χ3v) is 9.99. The van der Waals surface area contributed by atoms with Crippen LogP contribution in [0.5, 0.6) is 0 Å². The molecule has 46 heavy (non-hydrogen) atoms. The van der Waals surface area contributed by atoms with Crippen molar-refractivity contribution >= 4 is 23.6 Å². The minimum Gasteiger partial charge on any atom is -0.466 e. The lowest BCUT2D eigenvalue weighted by atomic mass is 10.0. The maximum atomic E-state index is 12.0. The molecule has 0 aliphatic heterocycles. The van der Waals surface area contributed by atoms with E-state index in [1.54, 1.807) is 0 Å². The molecular weight excluding hydrogens is 585 g/mol. The molecule has 0 unspecified atom stereocenters. The van der Waals surface area contributed by atoms with Gasteiger partial charge in [0.2, 0.25) is 0 Å². The van der Waals surface area contributed by atoms with Gasteiger partial charge < -0.3 is 10.5 Å². The molecular formula is C41H80N2O2S. The molecule has 0 aromatic heterocycles. The van der Waals surface area contributed by atoms with Crippen molar-refractivity contribution < 1.29 is 9.53 Å². The number of amidine groups is 1. The van der Waals surface area contributed by atoms with Crippen LogP contribution in [0.4, 0.5) is 0 Å². The lowest BCUT2D eigenvalue weighted by molar-refractivity contribution is -0.143. The summed E-state index contributed by atoms with van der Waals surface area (Å²) in [7, 11) is 0. The minimum atomic E-state index is -0.0427. The Kier molecular flexibility index (Phi) is 39.4. The van der Waals surface area contributed by atoms with Gasteiger partial charge in [-0.25, -0.2) is 0 Å². The summed E-state index contributed by atoms with van der Waals surface area (Å²) in [5, 5.41) is 0. The third kappa shape index (κ3) is 39.2. The molecule has 0 saturated heterocycles. The second-order valence-corrected chi connectivity index (χ2v) is 14.8. The van der Waals surface area contributed by atoms with E-state index in [1.807, 2.05) is 11.8 Å². The number of thioether (sulfide) groups is 1. The van der Waals surface area contributed by atoms with Crippen molar-refractivity contribution in [2.45, 2.75) is 213 Å². The van der Waals surface area contributed by atoms with Gasteiger partial charge in [-0.2, -0.15) is 11.8 Å². The zero-order valence-corrected chi connectivity index (χ0v) is 32.0. The number of carbonyl (C=O) groups is 1. The lowest BCUT2D eigenvalue weighted by Crippen LogP contribution is -2.12. The normalized spacial score (nSPS) is 12.0. The number of aliphatic imine (C=N–C) groups is 1. The number of hydrogen-bond acceptors (Lipinski definition) is 4. The molecule has 0 atom stereocenters. The Balaban J connectivity index is 3.33. The van der Waals surface area contributed by atoms with Crippen molar-refractivity contribution in [3.05, 3.63) is 12.2 Å². The van der Waals surface area contributed by atoms with Gasteiger partial charge in [-0.1, -0.05) is 167 Å². The Hall–Kier alpha value is -0.970. The average Bonchev–Trinajstić information content (AvgIpc) is 3.06. The van der Waals surface area contributed by atoms with Crippen molar-refractivity contribution in [2.75, 3.05) is 24.7 Å². The fourth-order valence-corrected chi connectivity index (χ4v) is 6.69. The largest absolute Gasteiger partial charge is 0.466 e. The molecule has 272 valence electrons. The topological polar surface area (TPSA) is 64.7 Å². The van der Waals surface area contributed by atoms with E-state index in [-0.39, 0.29) is 5.97 Å². The summed E-state index contributed by atoms with van der Waals surface area (Å²) in [6.45, 7) is 6.02. The molecule has 0 aromatic rings. The van der Waals surface area contributed by atoms with E-state index in [0.29, 0.717) is 13.0 Å². The van der Waals surface area contributed by atoms with Crippen LogP contribution in [0, 0.1) is 0 Å². The van der Waals surface area contributed by atoms with Crippen molar-refractivity contribution in [2.24, 2.45) is 10.7 Å². The maximum absolute atomic E-state index is 12.0. The molecule has 0 bridgehead atoms. The fourth-order valence-electron chi connectivity index (χ4n) is 5.83. The highest BCUT2D eigenvalue weighted by Crippen LogP contribution is 2.14. The van der Waals surface area contributed by atoms with Crippen LogP contribution in [0.15, 0.2) is 17.1 Å². The number of ether oxygens (including phenoxy) is 1. The first kappa shape index (κ1) is 45.0. The summed E-state index contributed by atoms with van der Waals surface area (Å²) >= 11 is 1.82. The van der Waals surface area contributed by atoms with Crippen LogP contribution in [0.25, 0.3) is 0 Å². The molecule has 2 N–H and O–H groups in total. The number of esters is 1. The predicted octanol–water partition coefficient (Wildman–Crippen LogP) is 13.3. The van der Waals surface area contributed by atoms with Crippen LogP contribution >= 0.6 is 11.8 Å². The zero-order chi connectivity index (χ0) is 33.4. The van der Waals surface area contributed by atoms with Gasteiger partial charge in [0.15, 0.2) is 0 Å². The smallest absolute Gasteiger partial charge is 0.306 e. The van der Waals surface area contributed by atoms with Crippen LogP contribution in [0.2, 0.25) is 0 Å². The molecule has 0 fully saturated rings. The zero-order valence-electron chi connectivity index (χ0n) is 31.2. The first-order valence-electron chi connectivity index (χ1n) is 20.4. The van der Waals surface area contributed by atoms with Crippen molar-refractivity contribution in [3.8, 4) is 0 Å². The molecule has 0 aromatic carbocycles. The molecule has 0 spiro atoms. The van der Waals surface area contributed by atoms with Gasteiger partial charge in [-0.05, 0) is 50.7 Å². The number of carbonyl (C=O) groups excluding carboxylic acids is 1. The molecule has 0 heterocycles. The summed E-state index contributed by atoms with van der Waals surface area (Å²) in [4.78, 5) is 16.5. The van der Waals surface area contributed by atoms with E-state index in [9.17, 15) is 4.79 Å². The maximum Gasteiger partial charge on any atom is 0.306 e. The van der Waals surface area contributed by atoms with Crippen LogP contribution in [0.3, 0.4) is 0 Å². The van der Waals surface area contributed by atoms with E-state index >= 15 is 0 Å². The van der Waals surface area contributed by atoms with Crippen LogP contribution in [0.1, 0.15) is 213 Å². The monoisotopic (exact) mass is 665 g/mol. The molecule has 0 saturated carbocycles. The van der Waals surface area contributed by atoms with Gasteiger partial charge in [0.25, 0.3) is 0 Å². The summed E-state index contributed by atoms with van der Waals surface area (Å²) in [6.07, 6.45) is 44.6. The molecule has 0 rings (SSSR count). The van der Waals surface area contributed by atoms with E-state index in [4.69, 9.17) is 10.5 Å². The molecule has 0 aliphatic rings. The number of unbranched alkanes of at least 4 members (excludes halogenated alkanes) is 25. The van der Waals surface area contributed by atoms with Gasteiger partial charge in [0.05, 0.1) is 18.9 Å². The second-order valence-electron chi connectivity index (χ2n) is 13.6. The van der Waals surface area contributed by atoms with Crippen LogP contribution in [-0.4, -0.2) is 36.5 Å². The molecule has 5 heteroatoms. The number of hydrogen-bond donors (Lipinski definition) is 1.